The van der Waals surface area contributed by atoms with E-state index in [0.717, 1.165) is 33.2 Å². The molecule has 0 radical (unpaired) electrons. The third kappa shape index (κ3) is 4.14. The molecule has 6 aromatic carbocycles. The summed E-state index contributed by atoms with van der Waals surface area (Å²) >= 11 is 0. The van der Waals surface area contributed by atoms with E-state index in [1.807, 2.05) is 60.7 Å². The van der Waals surface area contributed by atoms with Gasteiger partial charge in [-0.15, -0.1) is 0 Å². The molecule has 0 amide bonds. The van der Waals surface area contributed by atoms with Gasteiger partial charge in [-0.25, -0.2) is 15.0 Å². The molecule has 0 aliphatic carbocycles. The van der Waals surface area contributed by atoms with E-state index < -0.39 is 0 Å². The highest BCUT2D eigenvalue weighted by molar-refractivity contribution is 6.21. The van der Waals surface area contributed by atoms with Gasteiger partial charge in [-0.05, 0) is 34.0 Å². The molecule has 0 atom stereocenters. The average Bonchev–Trinajstić information content (AvgIpc) is 3.01. The van der Waals surface area contributed by atoms with Crippen LogP contribution in [0, 0.1) is 6.92 Å². The molecule has 1 aromatic heterocycles. The molecule has 7 aromatic rings. The summed E-state index contributed by atoms with van der Waals surface area (Å²) in [4.78, 5) is 15.2. The molecule has 184 valence electrons. The fourth-order valence-electron chi connectivity index (χ4n) is 5.31. The Morgan fingerprint density at radius 1 is 0.333 bits per heavy atom. The topological polar surface area (TPSA) is 38.7 Å². The molecule has 0 saturated carbocycles. The van der Waals surface area contributed by atoms with E-state index in [2.05, 4.69) is 79.7 Å². The predicted octanol–water partition coefficient (Wildman–Crippen LogP) is 9.15. The van der Waals surface area contributed by atoms with E-state index in [9.17, 15) is 0 Å². The van der Waals surface area contributed by atoms with Gasteiger partial charge < -0.3 is 0 Å². The van der Waals surface area contributed by atoms with Crippen LogP contribution in [0.25, 0.3) is 66.8 Å². The Kier molecular flexibility index (Phi) is 5.68. The van der Waals surface area contributed by atoms with Gasteiger partial charge in [-0.1, -0.05) is 139 Å². The normalized spacial score (nSPS) is 11.2. The van der Waals surface area contributed by atoms with Gasteiger partial charge >= 0.3 is 0 Å². The summed E-state index contributed by atoms with van der Waals surface area (Å²) in [6.45, 7) is 2.12. The minimum atomic E-state index is 0.659. The van der Waals surface area contributed by atoms with Crippen molar-refractivity contribution in [3.63, 3.8) is 0 Å². The SMILES string of the molecule is Cc1ccc(-c2c(-c3nc(-c4ccccc4)nc(-c4ccccc4)n3)c3ccccc3c3ccccc23)cc1. The number of benzene rings is 6. The third-order valence-electron chi connectivity index (χ3n) is 7.20. The van der Waals surface area contributed by atoms with Crippen LogP contribution in [0.1, 0.15) is 5.56 Å². The average molecular weight is 500 g/mol. The lowest BCUT2D eigenvalue weighted by molar-refractivity contribution is 1.08. The van der Waals surface area contributed by atoms with Gasteiger partial charge in [-0.2, -0.15) is 0 Å². The first-order chi connectivity index (χ1) is 19.3. The first-order valence-electron chi connectivity index (χ1n) is 13.1. The van der Waals surface area contributed by atoms with Crippen LogP contribution >= 0.6 is 0 Å². The molecule has 7 rings (SSSR count). The summed E-state index contributed by atoms with van der Waals surface area (Å²) in [5.74, 6) is 1.98. The molecule has 0 aliphatic heterocycles. The first-order valence-corrected chi connectivity index (χ1v) is 13.1. The Morgan fingerprint density at radius 3 is 1.26 bits per heavy atom. The van der Waals surface area contributed by atoms with E-state index in [4.69, 9.17) is 15.0 Å². The molecule has 0 bridgehead atoms. The van der Waals surface area contributed by atoms with Crippen LogP contribution in [0.15, 0.2) is 133 Å². The number of rotatable bonds is 4. The molecule has 0 fully saturated rings. The van der Waals surface area contributed by atoms with Crippen molar-refractivity contribution in [3.8, 4) is 45.3 Å². The van der Waals surface area contributed by atoms with Gasteiger partial charge in [0.15, 0.2) is 17.5 Å². The van der Waals surface area contributed by atoms with Crippen LogP contribution in [0.3, 0.4) is 0 Å². The van der Waals surface area contributed by atoms with Crippen molar-refractivity contribution in [2.75, 3.05) is 0 Å². The second-order valence-electron chi connectivity index (χ2n) is 9.75. The first kappa shape index (κ1) is 23.0. The van der Waals surface area contributed by atoms with Crippen LogP contribution < -0.4 is 0 Å². The van der Waals surface area contributed by atoms with Gasteiger partial charge in [0, 0.05) is 22.3 Å². The molecular weight excluding hydrogens is 474 g/mol. The van der Waals surface area contributed by atoms with Gasteiger partial charge in [0.25, 0.3) is 0 Å². The van der Waals surface area contributed by atoms with Crippen molar-refractivity contribution >= 4 is 21.5 Å². The minimum Gasteiger partial charge on any atom is -0.208 e. The van der Waals surface area contributed by atoms with Crippen LogP contribution in [0.4, 0.5) is 0 Å². The molecule has 0 N–H and O–H groups in total. The zero-order valence-corrected chi connectivity index (χ0v) is 21.5. The molecule has 0 aliphatic rings. The largest absolute Gasteiger partial charge is 0.208 e. The monoisotopic (exact) mass is 499 g/mol. The molecule has 3 nitrogen and oxygen atoms in total. The highest BCUT2D eigenvalue weighted by Crippen LogP contribution is 2.44. The molecule has 1 heterocycles. The molecule has 0 unspecified atom stereocenters. The highest BCUT2D eigenvalue weighted by Gasteiger charge is 2.21. The lowest BCUT2D eigenvalue weighted by Gasteiger charge is -2.18. The standard InChI is InChI=1S/C36H25N3/c1-24-20-22-25(23-21-24)32-30-18-10-8-16-28(30)29-17-9-11-19-31(29)33(32)36-38-34(26-12-4-2-5-13-26)37-35(39-36)27-14-6-3-7-15-27/h2-23H,1H3. The van der Waals surface area contributed by atoms with Crippen molar-refractivity contribution in [2.45, 2.75) is 6.92 Å². The van der Waals surface area contributed by atoms with E-state index in [-0.39, 0.29) is 0 Å². The van der Waals surface area contributed by atoms with Crippen molar-refractivity contribution in [3.05, 3.63) is 139 Å². The van der Waals surface area contributed by atoms with E-state index in [0.29, 0.717) is 17.5 Å². The van der Waals surface area contributed by atoms with E-state index in [1.165, 1.54) is 21.7 Å². The maximum atomic E-state index is 5.14. The molecule has 39 heavy (non-hydrogen) atoms. The summed E-state index contributed by atoms with van der Waals surface area (Å²) in [5, 5.41) is 4.70. The lowest BCUT2D eigenvalue weighted by Crippen LogP contribution is -2.02. The summed E-state index contributed by atoms with van der Waals surface area (Å²) in [7, 11) is 0. The van der Waals surface area contributed by atoms with Crippen molar-refractivity contribution in [1.82, 2.24) is 15.0 Å². The molecule has 0 saturated heterocycles. The second kappa shape index (κ2) is 9.62. The van der Waals surface area contributed by atoms with Crippen LogP contribution in [-0.4, -0.2) is 15.0 Å². The summed E-state index contributed by atoms with van der Waals surface area (Å²) in [6.07, 6.45) is 0. The van der Waals surface area contributed by atoms with Crippen molar-refractivity contribution in [2.24, 2.45) is 0 Å². The van der Waals surface area contributed by atoms with Crippen LogP contribution in [0.2, 0.25) is 0 Å². The number of aromatic nitrogens is 3. The Morgan fingerprint density at radius 2 is 0.744 bits per heavy atom. The maximum Gasteiger partial charge on any atom is 0.165 e. The highest BCUT2D eigenvalue weighted by atomic mass is 15.0. The van der Waals surface area contributed by atoms with Crippen LogP contribution in [-0.2, 0) is 0 Å². The minimum absolute atomic E-state index is 0.659. The number of aryl methyl sites for hydroxylation is 1. The Hall–Kier alpha value is -5.15. The maximum absolute atomic E-state index is 5.14. The molecule has 3 heteroatoms. The number of hydrogen-bond acceptors (Lipinski definition) is 3. The number of fused-ring (bicyclic) bond motifs is 3. The Balaban J connectivity index is 1.63. The smallest absolute Gasteiger partial charge is 0.165 e. The van der Waals surface area contributed by atoms with Gasteiger partial charge in [-0.3, -0.25) is 0 Å². The lowest BCUT2D eigenvalue weighted by atomic mass is 9.87. The van der Waals surface area contributed by atoms with E-state index >= 15 is 0 Å². The van der Waals surface area contributed by atoms with Crippen molar-refractivity contribution < 1.29 is 0 Å². The summed E-state index contributed by atoms with van der Waals surface area (Å²) < 4.78 is 0. The third-order valence-corrected chi connectivity index (χ3v) is 7.20. The van der Waals surface area contributed by atoms with Crippen LogP contribution in [0.5, 0.6) is 0 Å². The van der Waals surface area contributed by atoms with Gasteiger partial charge in [0.05, 0.1) is 0 Å². The molecule has 0 spiro atoms. The quantitative estimate of drug-likeness (QED) is 0.227. The Labute approximate surface area is 227 Å². The summed E-state index contributed by atoms with van der Waals surface area (Å²) in [5.41, 5.74) is 6.43. The zero-order valence-electron chi connectivity index (χ0n) is 21.5. The fraction of sp³-hybridized carbons (Fsp3) is 0.0278. The Bertz CT molecular complexity index is 1890. The zero-order chi connectivity index (χ0) is 26.2. The number of nitrogens with zero attached hydrogens (tertiary/aromatic N) is 3. The summed E-state index contributed by atoms with van der Waals surface area (Å²) in [6, 6.07) is 46.2. The van der Waals surface area contributed by atoms with E-state index in [1.54, 1.807) is 0 Å². The molecular formula is C36H25N3. The van der Waals surface area contributed by atoms with Gasteiger partial charge in [0.1, 0.15) is 0 Å². The fourth-order valence-corrected chi connectivity index (χ4v) is 5.31. The van der Waals surface area contributed by atoms with Crippen molar-refractivity contribution in [1.29, 1.82) is 0 Å². The predicted molar refractivity (Wildman–Crippen MR) is 161 cm³/mol. The second-order valence-corrected chi connectivity index (χ2v) is 9.75. The van der Waals surface area contributed by atoms with Gasteiger partial charge in [0.2, 0.25) is 0 Å². The number of hydrogen-bond donors (Lipinski definition) is 0.